The van der Waals surface area contributed by atoms with Gasteiger partial charge >= 0.3 is 0 Å². The molecule has 0 saturated heterocycles. The zero-order valence-corrected chi connectivity index (χ0v) is 17.0. The van der Waals surface area contributed by atoms with Crippen LogP contribution in [0.15, 0.2) is 30.3 Å². The second kappa shape index (κ2) is 10.6. The third-order valence-corrected chi connectivity index (χ3v) is 4.32. The van der Waals surface area contributed by atoms with Gasteiger partial charge in [-0.15, -0.1) is 0 Å². The molecule has 2 N–H and O–H groups in total. The lowest BCUT2D eigenvalue weighted by Crippen LogP contribution is -2.17. The van der Waals surface area contributed by atoms with Crippen molar-refractivity contribution < 1.29 is 14.3 Å². The number of amides is 2. The molecule has 2 aromatic rings. The van der Waals surface area contributed by atoms with Crippen LogP contribution in [0, 0.1) is 6.92 Å². The summed E-state index contributed by atoms with van der Waals surface area (Å²) >= 11 is 6.37. The van der Waals surface area contributed by atoms with Gasteiger partial charge < -0.3 is 15.4 Å². The van der Waals surface area contributed by atoms with E-state index in [1.807, 2.05) is 6.92 Å². The zero-order chi connectivity index (χ0) is 20.5. The van der Waals surface area contributed by atoms with E-state index in [9.17, 15) is 9.59 Å². The first-order valence-corrected chi connectivity index (χ1v) is 9.43. The summed E-state index contributed by atoms with van der Waals surface area (Å²) in [7, 11) is 1.45. The van der Waals surface area contributed by atoms with Crippen molar-refractivity contribution in [3.8, 4) is 0 Å². The Bertz CT molecular complexity index is 861. The number of ether oxygens (including phenoxy) is 1. The van der Waals surface area contributed by atoms with Gasteiger partial charge in [0.05, 0.1) is 5.69 Å². The third-order valence-electron chi connectivity index (χ3n) is 3.92. The molecule has 0 radical (unpaired) electrons. The summed E-state index contributed by atoms with van der Waals surface area (Å²) in [5.74, 6) is -0.576. The lowest BCUT2D eigenvalue weighted by atomic mass is 10.2. The van der Waals surface area contributed by atoms with Crippen LogP contribution in [0.3, 0.4) is 0 Å². The highest BCUT2D eigenvalue weighted by Crippen LogP contribution is 2.22. The van der Waals surface area contributed by atoms with Crippen molar-refractivity contribution in [2.24, 2.45) is 0 Å². The lowest BCUT2D eigenvalue weighted by Gasteiger charge is -2.07. The number of aromatic nitrogens is 2. The summed E-state index contributed by atoms with van der Waals surface area (Å²) in [5, 5.41) is 10.4. The Hall–Kier alpha value is -2.64. The van der Waals surface area contributed by atoms with E-state index in [0.29, 0.717) is 16.5 Å². The number of methoxy groups -OCH3 is 1. The number of hydrogen-bond acceptors (Lipinski definition) is 4. The van der Waals surface area contributed by atoms with Gasteiger partial charge in [0.1, 0.15) is 11.8 Å². The average Bonchev–Trinajstić information content (AvgIpc) is 2.92. The summed E-state index contributed by atoms with van der Waals surface area (Å²) in [5.41, 5.74) is 2.63. The van der Waals surface area contributed by atoms with Crippen LogP contribution < -0.4 is 10.6 Å². The third kappa shape index (κ3) is 6.21. The minimum atomic E-state index is -0.308. The van der Waals surface area contributed by atoms with Gasteiger partial charge in [0.15, 0.2) is 0 Å². The quantitative estimate of drug-likeness (QED) is 0.621. The molecular weight excluding hydrogens is 380 g/mol. The van der Waals surface area contributed by atoms with Crippen molar-refractivity contribution in [2.75, 3.05) is 24.4 Å². The fourth-order valence-electron chi connectivity index (χ4n) is 2.56. The minimum Gasteiger partial charge on any atom is -0.375 e. The first-order valence-electron chi connectivity index (χ1n) is 9.05. The molecule has 0 bridgehead atoms. The molecule has 0 atom stereocenters. The molecule has 1 aromatic heterocycles. The highest BCUT2D eigenvalue weighted by atomic mass is 35.5. The number of carbonyl (C=O) groups excluding carboxylic acids is 2. The van der Waals surface area contributed by atoms with Crippen LogP contribution in [0.2, 0.25) is 5.15 Å². The van der Waals surface area contributed by atoms with Crippen LogP contribution in [0.4, 0.5) is 11.4 Å². The van der Waals surface area contributed by atoms with E-state index in [2.05, 4.69) is 22.7 Å². The van der Waals surface area contributed by atoms with Crippen molar-refractivity contribution in [1.82, 2.24) is 9.78 Å². The fraction of sp³-hybridized carbons (Fsp3) is 0.350. The van der Waals surface area contributed by atoms with Gasteiger partial charge in [-0.2, -0.15) is 5.10 Å². The van der Waals surface area contributed by atoms with E-state index in [4.69, 9.17) is 16.3 Å². The monoisotopic (exact) mass is 404 g/mol. The van der Waals surface area contributed by atoms with E-state index < -0.39 is 0 Å². The molecule has 0 saturated carbocycles. The van der Waals surface area contributed by atoms with Crippen molar-refractivity contribution >= 4 is 40.9 Å². The maximum atomic E-state index is 12.2. The van der Waals surface area contributed by atoms with Crippen LogP contribution in [-0.2, 0) is 20.9 Å². The maximum Gasteiger partial charge on any atom is 0.250 e. The molecule has 7 nitrogen and oxygen atoms in total. The summed E-state index contributed by atoms with van der Waals surface area (Å²) in [6.07, 6.45) is 5.11. The number of nitrogens with one attached hydrogen (secondary N) is 2. The molecule has 1 heterocycles. The van der Waals surface area contributed by atoms with Crippen LogP contribution >= 0.6 is 11.6 Å². The van der Waals surface area contributed by atoms with Gasteiger partial charge in [0, 0.05) is 36.7 Å². The lowest BCUT2D eigenvalue weighted by molar-refractivity contribution is -0.119. The second-order valence-corrected chi connectivity index (χ2v) is 6.61. The number of benzene rings is 1. The largest absolute Gasteiger partial charge is 0.375 e. The predicted octanol–water partition coefficient (Wildman–Crippen LogP) is 3.88. The Balaban J connectivity index is 2.02. The second-order valence-electron chi connectivity index (χ2n) is 6.25. The number of aryl methyl sites for hydroxylation is 2. The molecule has 0 unspecified atom stereocenters. The molecule has 0 aliphatic rings. The Kier molecular flexibility index (Phi) is 8.22. The number of anilines is 2. The van der Waals surface area contributed by atoms with Gasteiger partial charge in [-0.25, -0.2) is 0 Å². The number of rotatable bonds is 9. The SMILES string of the molecule is CCCCn1nc(C)c(/C=C/C(=O)Nc2cccc(NC(=O)COC)c2)c1Cl. The van der Waals surface area contributed by atoms with E-state index >= 15 is 0 Å². The number of carbonyl (C=O) groups is 2. The van der Waals surface area contributed by atoms with Crippen molar-refractivity contribution in [1.29, 1.82) is 0 Å². The predicted molar refractivity (Wildman–Crippen MR) is 111 cm³/mol. The Morgan fingerprint density at radius 3 is 2.68 bits per heavy atom. The first-order chi connectivity index (χ1) is 13.4. The molecule has 0 spiro atoms. The van der Waals surface area contributed by atoms with E-state index in [1.165, 1.54) is 13.2 Å². The van der Waals surface area contributed by atoms with Gasteiger partial charge in [0.2, 0.25) is 11.8 Å². The number of unbranched alkanes of at least 4 members (excludes halogenated alkanes) is 1. The highest BCUT2D eigenvalue weighted by Gasteiger charge is 2.11. The van der Waals surface area contributed by atoms with E-state index in [0.717, 1.165) is 30.6 Å². The Morgan fingerprint density at radius 1 is 1.29 bits per heavy atom. The zero-order valence-electron chi connectivity index (χ0n) is 16.3. The Morgan fingerprint density at radius 2 is 2.00 bits per heavy atom. The average molecular weight is 405 g/mol. The molecule has 2 rings (SSSR count). The molecule has 150 valence electrons. The summed E-state index contributed by atoms with van der Waals surface area (Å²) in [6.45, 7) is 4.68. The minimum absolute atomic E-state index is 0.0363. The van der Waals surface area contributed by atoms with Gasteiger partial charge in [-0.05, 0) is 37.6 Å². The molecule has 1 aromatic carbocycles. The van der Waals surface area contributed by atoms with E-state index in [-0.39, 0.29) is 18.4 Å². The maximum absolute atomic E-state index is 12.2. The fourth-order valence-corrected chi connectivity index (χ4v) is 2.88. The summed E-state index contributed by atoms with van der Waals surface area (Å²) < 4.78 is 6.53. The molecular formula is C20H25ClN4O3. The molecule has 0 fully saturated rings. The number of hydrogen-bond donors (Lipinski definition) is 2. The highest BCUT2D eigenvalue weighted by molar-refractivity contribution is 6.31. The molecule has 0 aliphatic carbocycles. The normalized spacial score (nSPS) is 11.0. The molecule has 2 amide bonds. The van der Waals surface area contributed by atoms with Crippen LogP contribution in [0.25, 0.3) is 6.08 Å². The van der Waals surface area contributed by atoms with Crippen LogP contribution in [-0.4, -0.2) is 35.3 Å². The van der Waals surface area contributed by atoms with Crippen molar-refractivity contribution in [2.45, 2.75) is 33.2 Å². The number of halogens is 1. The van der Waals surface area contributed by atoms with Gasteiger partial charge in [-0.1, -0.05) is 31.0 Å². The van der Waals surface area contributed by atoms with Crippen LogP contribution in [0.1, 0.15) is 31.0 Å². The topological polar surface area (TPSA) is 85.3 Å². The van der Waals surface area contributed by atoms with Crippen molar-refractivity contribution in [3.05, 3.63) is 46.8 Å². The smallest absolute Gasteiger partial charge is 0.250 e. The first kappa shape index (κ1) is 21.7. The molecule has 0 aliphatic heterocycles. The number of nitrogens with zero attached hydrogens (tertiary/aromatic N) is 2. The summed E-state index contributed by atoms with van der Waals surface area (Å²) in [4.78, 5) is 23.8. The van der Waals surface area contributed by atoms with Crippen molar-refractivity contribution in [3.63, 3.8) is 0 Å². The molecule has 28 heavy (non-hydrogen) atoms. The van der Waals surface area contributed by atoms with Crippen LogP contribution in [0.5, 0.6) is 0 Å². The Labute approximate surface area is 169 Å². The van der Waals surface area contributed by atoms with E-state index in [1.54, 1.807) is 35.0 Å². The van der Waals surface area contributed by atoms with Gasteiger partial charge in [0.25, 0.3) is 0 Å². The van der Waals surface area contributed by atoms with Gasteiger partial charge in [-0.3, -0.25) is 14.3 Å². The standard InChI is InChI=1S/C20H25ClN4O3/c1-4-5-11-25-20(21)17(14(2)24-25)9-10-18(26)22-15-7-6-8-16(12-15)23-19(27)13-28-3/h6-10,12H,4-5,11,13H2,1-3H3,(H,22,26)(H,23,27)/b10-9+. The summed E-state index contributed by atoms with van der Waals surface area (Å²) in [6, 6.07) is 6.87. The molecule has 8 heteroatoms.